The zero-order chi connectivity index (χ0) is 21.3. The van der Waals surface area contributed by atoms with Gasteiger partial charge < -0.3 is 14.8 Å². The Labute approximate surface area is 183 Å². The Morgan fingerprint density at radius 3 is 2.52 bits per heavy atom. The maximum Gasteiger partial charge on any atom is 0.213 e. The van der Waals surface area contributed by atoms with E-state index in [1.165, 1.54) is 27.5 Å². The molecule has 0 aliphatic rings. The Kier molecular flexibility index (Phi) is 7.14. The summed E-state index contributed by atoms with van der Waals surface area (Å²) in [6.07, 6.45) is 2.65. The summed E-state index contributed by atoms with van der Waals surface area (Å²) in [5.41, 5.74) is 3.62. The van der Waals surface area contributed by atoms with Crippen molar-refractivity contribution in [3.8, 4) is 11.6 Å². The minimum Gasteiger partial charge on any atom is -0.489 e. The highest BCUT2D eigenvalue weighted by molar-refractivity contribution is 5.87. The van der Waals surface area contributed by atoms with Gasteiger partial charge in [0, 0.05) is 24.4 Å². The zero-order valence-corrected chi connectivity index (χ0v) is 17.9. The van der Waals surface area contributed by atoms with E-state index in [0.29, 0.717) is 19.1 Å². The molecule has 1 N–H and O–H groups in total. The molecule has 4 aromatic rings. The molecular weight excluding hydrogens is 384 g/mol. The normalized spacial score (nSPS) is 10.9. The Morgan fingerprint density at radius 2 is 1.68 bits per heavy atom. The number of hydrogen-bond acceptors (Lipinski definition) is 4. The van der Waals surface area contributed by atoms with Crippen LogP contribution >= 0.6 is 0 Å². The van der Waals surface area contributed by atoms with Crippen LogP contribution in [0.1, 0.15) is 23.1 Å². The fourth-order valence-electron chi connectivity index (χ4n) is 3.50. The lowest BCUT2D eigenvalue weighted by Gasteiger charge is -2.15. The molecule has 0 saturated carbocycles. The summed E-state index contributed by atoms with van der Waals surface area (Å²) in [5, 5.41) is 5.99. The van der Waals surface area contributed by atoms with Crippen LogP contribution in [-0.2, 0) is 13.2 Å². The van der Waals surface area contributed by atoms with Gasteiger partial charge >= 0.3 is 0 Å². The van der Waals surface area contributed by atoms with Crippen LogP contribution in [0.5, 0.6) is 11.6 Å². The highest BCUT2D eigenvalue weighted by Crippen LogP contribution is 2.29. The summed E-state index contributed by atoms with van der Waals surface area (Å²) in [6.45, 7) is 4.89. The third-order valence-corrected chi connectivity index (χ3v) is 5.20. The average Bonchev–Trinajstić information content (AvgIpc) is 2.82. The van der Waals surface area contributed by atoms with Crippen LogP contribution in [0.15, 0.2) is 85.1 Å². The molecule has 1 aromatic heterocycles. The second-order valence-corrected chi connectivity index (χ2v) is 7.58. The number of aryl methyl sites for hydroxylation is 1. The number of nitrogens with zero attached hydrogens (tertiary/aromatic N) is 1. The van der Waals surface area contributed by atoms with E-state index in [1.54, 1.807) is 6.20 Å². The Balaban J connectivity index is 1.37. The predicted molar refractivity (Wildman–Crippen MR) is 126 cm³/mol. The van der Waals surface area contributed by atoms with Crippen LogP contribution in [0.2, 0.25) is 0 Å². The second-order valence-electron chi connectivity index (χ2n) is 7.58. The van der Waals surface area contributed by atoms with Crippen molar-refractivity contribution in [2.24, 2.45) is 0 Å². The van der Waals surface area contributed by atoms with Gasteiger partial charge in [0.15, 0.2) is 0 Å². The van der Waals surface area contributed by atoms with E-state index >= 15 is 0 Å². The summed E-state index contributed by atoms with van der Waals surface area (Å²) in [6, 6.07) is 26.8. The maximum absolute atomic E-state index is 6.23. The average molecular weight is 413 g/mol. The molecule has 0 bridgehead atoms. The first-order valence-electron chi connectivity index (χ1n) is 10.7. The molecule has 0 aliphatic heterocycles. The zero-order valence-electron chi connectivity index (χ0n) is 17.9. The van der Waals surface area contributed by atoms with Crippen LogP contribution in [0.3, 0.4) is 0 Å². The number of nitrogens with one attached hydrogen (secondary N) is 1. The van der Waals surface area contributed by atoms with Gasteiger partial charge in [-0.05, 0) is 48.4 Å². The van der Waals surface area contributed by atoms with Crippen LogP contribution in [0.25, 0.3) is 10.8 Å². The summed E-state index contributed by atoms with van der Waals surface area (Å²) in [5.74, 6) is 1.60. The highest BCUT2D eigenvalue weighted by Gasteiger charge is 2.09. The van der Waals surface area contributed by atoms with E-state index in [9.17, 15) is 0 Å². The van der Waals surface area contributed by atoms with E-state index in [1.807, 2.05) is 18.2 Å². The Morgan fingerprint density at radius 1 is 0.839 bits per heavy atom. The monoisotopic (exact) mass is 412 g/mol. The first kappa shape index (κ1) is 20.9. The van der Waals surface area contributed by atoms with Crippen LogP contribution in [0, 0.1) is 6.92 Å². The lowest BCUT2D eigenvalue weighted by atomic mass is 10.0. The molecule has 3 aromatic carbocycles. The van der Waals surface area contributed by atoms with Gasteiger partial charge in [0.1, 0.15) is 12.4 Å². The smallest absolute Gasteiger partial charge is 0.213 e. The van der Waals surface area contributed by atoms with E-state index < -0.39 is 0 Å². The molecule has 0 spiro atoms. The van der Waals surface area contributed by atoms with Gasteiger partial charge in [-0.25, -0.2) is 4.98 Å². The second kappa shape index (κ2) is 10.6. The van der Waals surface area contributed by atoms with Gasteiger partial charge in [-0.15, -0.1) is 0 Å². The van der Waals surface area contributed by atoms with Crippen molar-refractivity contribution in [3.63, 3.8) is 0 Å². The predicted octanol–water partition coefficient (Wildman–Crippen LogP) is 5.68. The standard InChI is InChI=1S/C27H28N2O2/c1-21-10-12-22(13-11-21)20-31-26-15-14-23-7-2-3-8-24(23)25(26)19-28-16-6-18-30-27-9-4-5-17-29-27/h2-5,7-15,17,28H,6,16,18-20H2,1H3. The van der Waals surface area contributed by atoms with E-state index in [0.717, 1.165) is 25.3 Å². The third kappa shape index (κ3) is 5.83. The lowest BCUT2D eigenvalue weighted by molar-refractivity contribution is 0.294. The first-order chi connectivity index (χ1) is 15.3. The number of aromatic nitrogens is 1. The molecule has 0 radical (unpaired) electrons. The fourth-order valence-corrected chi connectivity index (χ4v) is 3.50. The number of benzene rings is 3. The quantitative estimate of drug-likeness (QED) is 0.340. The molecule has 0 fully saturated rings. The summed E-state index contributed by atoms with van der Waals surface area (Å²) >= 11 is 0. The largest absolute Gasteiger partial charge is 0.489 e. The summed E-state index contributed by atoms with van der Waals surface area (Å²) in [4.78, 5) is 4.18. The van der Waals surface area contributed by atoms with Crippen LogP contribution in [-0.4, -0.2) is 18.1 Å². The van der Waals surface area contributed by atoms with E-state index in [4.69, 9.17) is 9.47 Å². The minimum absolute atomic E-state index is 0.559. The minimum atomic E-state index is 0.559. The lowest BCUT2D eigenvalue weighted by Crippen LogP contribution is -2.18. The highest BCUT2D eigenvalue weighted by atomic mass is 16.5. The molecule has 0 saturated heterocycles. The maximum atomic E-state index is 6.23. The molecule has 158 valence electrons. The molecule has 0 unspecified atom stereocenters. The molecule has 0 aliphatic carbocycles. The SMILES string of the molecule is Cc1ccc(COc2ccc3ccccc3c2CNCCCOc2ccccn2)cc1. The Bertz CT molecular complexity index is 1100. The van der Waals surface area contributed by atoms with Crippen molar-refractivity contribution < 1.29 is 9.47 Å². The topological polar surface area (TPSA) is 43.4 Å². The molecule has 31 heavy (non-hydrogen) atoms. The van der Waals surface area contributed by atoms with Crippen molar-refractivity contribution in [1.29, 1.82) is 0 Å². The summed E-state index contributed by atoms with van der Waals surface area (Å²) < 4.78 is 11.9. The molecular formula is C27H28N2O2. The molecule has 4 heteroatoms. The number of hydrogen-bond donors (Lipinski definition) is 1. The summed E-state index contributed by atoms with van der Waals surface area (Å²) in [7, 11) is 0. The van der Waals surface area contributed by atoms with Crippen LogP contribution in [0.4, 0.5) is 0 Å². The van der Waals surface area contributed by atoms with E-state index in [2.05, 4.69) is 77.9 Å². The number of fused-ring (bicyclic) bond motifs is 1. The third-order valence-electron chi connectivity index (χ3n) is 5.20. The van der Waals surface area contributed by atoms with E-state index in [-0.39, 0.29) is 0 Å². The van der Waals surface area contributed by atoms with Crippen LogP contribution < -0.4 is 14.8 Å². The first-order valence-corrected chi connectivity index (χ1v) is 10.7. The van der Waals surface area contributed by atoms with Crippen molar-refractivity contribution in [2.75, 3.05) is 13.2 Å². The molecule has 0 atom stereocenters. The molecule has 1 heterocycles. The molecule has 4 rings (SSSR count). The van der Waals surface area contributed by atoms with Gasteiger partial charge in [-0.1, -0.05) is 66.2 Å². The van der Waals surface area contributed by atoms with Gasteiger partial charge in [0.05, 0.1) is 6.61 Å². The van der Waals surface area contributed by atoms with Gasteiger partial charge in [0.25, 0.3) is 0 Å². The van der Waals surface area contributed by atoms with Crippen molar-refractivity contribution in [3.05, 3.63) is 102 Å². The van der Waals surface area contributed by atoms with Crippen molar-refractivity contribution in [2.45, 2.75) is 26.5 Å². The Hall–Kier alpha value is -3.37. The number of pyridine rings is 1. The fraction of sp³-hybridized carbons (Fsp3) is 0.222. The number of ether oxygens (including phenoxy) is 2. The molecule has 4 nitrogen and oxygen atoms in total. The number of rotatable bonds is 10. The van der Waals surface area contributed by atoms with Gasteiger partial charge in [-0.3, -0.25) is 0 Å². The van der Waals surface area contributed by atoms with Gasteiger partial charge in [0.2, 0.25) is 5.88 Å². The van der Waals surface area contributed by atoms with Crippen molar-refractivity contribution >= 4 is 10.8 Å². The van der Waals surface area contributed by atoms with Crippen molar-refractivity contribution in [1.82, 2.24) is 10.3 Å². The van der Waals surface area contributed by atoms with Gasteiger partial charge in [-0.2, -0.15) is 0 Å². The molecule has 0 amide bonds.